The summed E-state index contributed by atoms with van der Waals surface area (Å²) in [4.78, 5) is 0. The molecule has 1 aromatic carbocycles. The first kappa shape index (κ1) is 12.2. The van der Waals surface area contributed by atoms with E-state index in [4.69, 9.17) is 10.5 Å². The highest BCUT2D eigenvalue weighted by Crippen LogP contribution is 2.04. The summed E-state index contributed by atoms with van der Waals surface area (Å²) in [7, 11) is 0. The molecule has 0 aromatic heterocycles. The van der Waals surface area contributed by atoms with Gasteiger partial charge in [-0.2, -0.15) is 10.5 Å². The zero-order valence-electron chi connectivity index (χ0n) is 9.40. The standard InChI is InChI=1S/C13H15N3/c1-11-4-6-12(7-5-11)10-16-13(9-15)3-2-8-14/h4-7,13,16H,2-3,10H2,1H3. The van der Waals surface area contributed by atoms with Crippen LogP contribution in [0, 0.1) is 29.6 Å². The van der Waals surface area contributed by atoms with Crippen LogP contribution in [0.5, 0.6) is 0 Å². The second kappa shape index (κ2) is 6.61. The van der Waals surface area contributed by atoms with Gasteiger partial charge in [-0.25, -0.2) is 0 Å². The monoisotopic (exact) mass is 213 g/mol. The molecule has 0 fully saturated rings. The molecule has 1 atom stereocenters. The van der Waals surface area contributed by atoms with Gasteiger partial charge in [-0.05, 0) is 18.9 Å². The zero-order valence-corrected chi connectivity index (χ0v) is 9.40. The first-order valence-electron chi connectivity index (χ1n) is 5.31. The molecule has 1 aromatic rings. The molecule has 0 aliphatic carbocycles. The highest BCUT2D eigenvalue weighted by Gasteiger charge is 2.05. The lowest BCUT2D eigenvalue weighted by Crippen LogP contribution is -2.26. The maximum absolute atomic E-state index is 8.85. The van der Waals surface area contributed by atoms with E-state index in [2.05, 4.69) is 11.4 Å². The average Bonchev–Trinajstić information content (AvgIpc) is 2.32. The van der Waals surface area contributed by atoms with E-state index in [1.807, 2.05) is 37.3 Å². The summed E-state index contributed by atoms with van der Waals surface area (Å²) in [6, 6.07) is 12.2. The van der Waals surface area contributed by atoms with Crippen LogP contribution in [0.15, 0.2) is 24.3 Å². The van der Waals surface area contributed by atoms with E-state index in [9.17, 15) is 0 Å². The molecule has 0 bridgehead atoms. The van der Waals surface area contributed by atoms with Crippen LogP contribution in [0.2, 0.25) is 0 Å². The Kier molecular flexibility index (Phi) is 5.05. The van der Waals surface area contributed by atoms with Crippen LogP contribution < -0.4 is 5.32 Å². The SMILES string of the molecule is Cc1ccc(CNC(C#N)CCC#N)cc1. The van der Waals surface area contributed by atoms with Crippen LogP contribution in [-0.2, 0) is 6.54 Å². The number of rotatable bonds is 5. The molecule has 0 spiro atoms. The van der Waals surface area contributed by atoms with Gasteiger partial charge in [-0.15, -0.1) is 0 Å². The minimum Gasteiger partial charge on any atom is -0.298 e. The fourth-order valence-electron chi connectivity index (χ4n) is 1.37. The molecule has 0 aliphatic rings. The van der Waals surface area contributed by atoms with E-state index in [-0.39, 0.29) is 6.04 Å². The zero-order chi connectivity index (χ0) is 11.8. The molecule has 3 heteroatoms. The van der Waals surface area contributed by atoms with E-state index in [0.29, 0.717) is 19.4 Å². The van der Waals surface area contributed by atoms with Crippen LogP contribution in [0.3, 0.4) is 0 Å². The van der Waals surface area contributed by atoms with Crippen LogP contribution in [-0.4, -0.2) is 6.04 Å². The number of nitriles is 2. The normalized spacial score (nSPS) is 11.4. The molecule has 0 radical (unpaired) electrons. The largest absolute Gasteiger partial charge is 0.298 e. The summed E-state index contributed by atoms with van der Waals surface area (Å²) in [6.45, 7) is 2.71. The number of nitrogens with one attached hydrogen (secondary N) is 1. The second-order valence-electron chi connectivity index (χ2n) is 3.74. The summed E-state index contributed by atoms with van der Waals surface area (Å²) in [5, 5.41) is 20.4. The quantitative estimate of drug-likeness (QED) is 0.816. The summed E-state index contributed by atoms with van der Waals surface area (Å²) >= 11 is 0. The number of nitrogens with zero attached hydrogens (tertiary/aromatic N) is 2. The Labute approximate surface area is 96.3 Å². The number of aryl methyl sites for hydroxylation is 1. The lowest BCUT2D eigenvalue weighted by Gasteiger charge is -2.09. The molecule has 1 rings (SSSR count). The Balaban J connectivity index is 2.41. The van der Waals surface area contributed by atoms with Crippen molar-refractivity contribution in [2.24, 2.45) is 0 Å². The lowest BCUT2D eigenvalue weighted by atomic mass is 10.1. The van der Waals surface area contributed by atoms with Crippen molar-refractivity contribution in [2.45, 2.75) is 32.4 Å². The first-order valence-corrected chi connectivity index (χ1v) is 5.31. The van der Waals surface area contributed by atoms with Crippen molar-refractivity contribution < 1.29 is 0 Å². The Morgan fingerprint density at radius 2 is 1.94 bits per heavy atom. The van der Waals surface area contributed by atoms with Crippen LogP contribution in [0.1, 0.15) is 24.0 Å². The molecule has 0 saturated carbocycles. The van der Waals surface area contributed by atoms with E-state index in [0.717, 1.165) is 5.56 Å². The maximum Gasteiger partial charge on any atom is 0.0965 e. The summed E-state index contributed by atoms with van der Waals surface area (Å²) in [6.07, 6.45) is 0.998. The van der Waals surface area contributed by atoms with Crippen molar-refractivity contribution in [2.75, 3.05) is 0 Å². The minimum absolute atomic E-state index is 0.235. The molecular formula is C13H15N3. The van der Waals surface area contributed by atoms with Gasteiger partial charge in [0.15, 0.2) is 0 Å². The second-order valence-corrected chi connectivity index (χ2v) is 3.74. The Hall–Kier alpha value is -1.84. The van der Waals surface area contributed by atoms with E-state index < -0.39 is 0 Å². The predicted molar refractivity (Wildman–Crippen MR) is 62.3 cm³/mol. The van der Waals surface area contributed by atoms with Gasteiger partial charge < -0.3 is 0 Å². The smallest absolute Gasteiger partial charge is 0.0965 e. The van der Waals surface area contributed by atoms with Crippen molar-refractivity contribution in [1.82, 2.24) is 5.32 Å². The fraction of sp³-hybridized carbons (Fsp3) is 0.385. The Bertz CT molecular complexity index is 395. The number of benzene rings is 1. The van der Waals surface area contributed by atoms with Crippen molar-refractivity contribution in [3.05, 3.63) is 35.4 Å². The van der Waals surface area contributed by atoms with Crippen molar-refractivity contribution in [1.29, 1.82) is 10.5 Å². The molecular weight excluding hydrogens is 198 g/mol. The summed E-state index contributed by atoms with van der Waals surface area (Å²) < 4.78 is 0. The molecule has 16 heavy (non-hydrogen) atoms. The lowest BCUT2D eigenvalue weighted by molar-refractivity contribution is 0.571. The molecule has 0 heterocycles. The van der Waals surface area contributed by atoms with Crippen LogP contribution in [0.25, 0.3) is 0 Å². The van der Waals surface area contributed by atoms with Gasteiger partial charge in [0.1, 0.15) is 0 Å². The Morgan fingerprint density at radius 3 is 2.50 bits per heavy atom. The van der Waals surface area contributed by atoms with Gasteiger partial charge in [-0.3, -0.25) is 5.32 Å². The number of hydrogen-bond donors (Lipinski definition) is 1. The topological polar surface area (TPSA) is 59.6 Å². The Morgan fingerprint density at radius 1 is 1.25 bits per heavy atom. The third-order valence-electron chi connectivity index (χ3n) is 2.37. The first-order chi connectivity index (χ1) is 7.76. The highest BCUT2D eigenvalue weighted by molar-refractivity contribution is 5.21. The molecule has 0 aliphatic heterocycles. The molecule has 0 amide bonds. The maximum atomic E-state index is 8.85. The highest BCUT2D eigenvalue weighted by atomic mass is 14.9. The van der Waals surface area contributed by atoms with Gasteiger partial charge in [0.2, 0.25) is 0 Å². The van der Waals surface area contributed by atoms with Gasteiger partial charge in [0.25, 0.3) is 0 Å². The van der Waals surface area contributed by atoms with Crippen LogP contribution in [0.4, 0.5) is 0 Å². The van der Waals surface area contributed by atoms with Gasteiger partial charge in [0.05, 0.1) is 18.2 Å². The minimum atomic E-state index is -0.235. The summed E-state index contributed by atoms with van der Waals surface area (Å²) in [5.74, 6) is 0. The third kappa shape index (κ3) is 4.13. The van der Waals surface area contributed by atoms with E-state index in [1.165, 1.54) is 5.56 Å². The van der Waals surface area contributed by atoms with Gasteiger partial charge >= 0.3 is 0 Å². The molecule has 1 N–H and O–H groups in total. The van der Waals surface area contributed by atoms with Gasteiger partial charge in [-0.1, -0.05) is 29.8 Å². The third-order valence-corrected chi connectivity index (χ3v) is 2.37. The molecule has 82 valence electrons. The average molecular weight is 213 g/mol. The molecule has 1 unspecified atom stereocenters. The van der Waals surface area contributed by atoms with Crippen molar-refractivity contribution in [3.63, 3.8) is 0 Å². The van der Waals surface area contributed by atoms with Crippen LogP contribution >= 0.6 is 0 Å². The fourth-order valence-corrected chi connectivity index (χ4v) is 1.37. The van der Waals surface area contributed by atoms with Crippen molar-refractivity contribution in [3.8, 4) is 12.1 Å². The molecule has 0 saturated heterocycles. The predicted octanol–water partition coefficient (Wildman–Crippen LogP) is 2.28. The van der Waals surface area contributed by atoms with Crippen molar-refractivity contribution >= 4 is 0 Å². The van der Waals surface area contributed by atoms with E-state index in [1.54, 1.807) is 0 Å². The van der Waals surface area contributed by atoms with Gasteiger partial charge in [0, 0.05) is 13.0 Å². The van der Waals surface area contributed by atoms with E-state index >= 15 is 0 Å². The molecule has 3 nitrogen and oxygen atoms in total. The number of hydrogen-bond acceptors (Lipinski definition) is 3. The summed E-state index contributed by atoms with van der Waals surface area (Å²) in [5.41, 5.74) is 2.38.